The van der Waals surface area contributed by atoms with Gasteiger partial charge < -0.3 is 10.5 Å². The highest BCUT2D eigenvalue weighted by Crippen LogP contribution is 2.21. The topological polar surface area (TPSA) is 35.2 Å². The van der Waals surface area contributed by atoms with Gasteiger partial charge >= 0.3 is 0 Å². The highest BCUT2D eigenvalue weighted by Gasteiger charge is 2.21. The van der Waals surface area contributed by atoms with Gasteiger partial charge in [-0.1, -0.05) is 6.07 Å². The fraction of sp³-hybridized carbons (Fsp3) is 0.636. The summed E-state index contributed by atoms with van der Waals surface area (Å²) in [5.41, 5.74) is 6.19. The number of hydrogen-bond donors (Lipinski definition) is 1. The van der Waals surface area contributed by atoms with Crippen molar-refractivity contribution in [3.8, 4) is 0 Å². The Morgan fingerprint density at radius 2 is 2.29 bits per heavy atom. The Balaban J connectivity index is 1.85. The molecule has 2 heterocycles. The number of ether oxygens (including phenoxy) is 1. The fourth-order valence-electron chi connectivity index (χ4n) is 1.97. The molecule has 0 bridgehead atoms. The van der Waals surface area contributed by atoms with Crippen molar-refractivity contribution in [2.75, 3.05) is 13.2 Å². The van der Waals surface area contributed by atoms with Crippen LogP contribution in [0.15, 0.2) is 17.5 Å². The average Bonchev–Trinajstić information content (AvgIpc) is 2.72. The van der Waals surface area contributed by atoms with E-state index in [1.807, 2.05) is 0 Å². The van der Waals surface area contributed by atoms with E-state index in [2.05, 4.69) is 17.5 Å². The fourth-order valence-corrected chi connectivity index (χ4v) is 2.75. The van der Waals surface area contributed by atoms with E-state index in [0.29, 0.717) is 12.0 Å². The lowest BCUT2D eigenvalue weighted by molar-refractivity contribution is 0.0585. The molecule has 1 saturated heterocycles. The van der Waals surface area contributed by atoms with Gasteiger partial charge in [0.1, 0.15) is 0 Å². The van der Waals surface area contributed by atoms with Gasteiger partial charge in [0, 0.05) is 24.1 Å². The third kappa shape index (κ3) is 2.56. The Morgan fingerprint density at radius 1 is 1.50 bits per heavy atom. The first kappa shape index (κ1) is 10.1. The summed E-state index contributed by atoms with van der Waals surface area (Å²) in [5, 5.41) is 2.12. The summed E-state index contributed by atoms with van der Waals surface area (Å²) in [6, 6.07) is 4.58. The number of rotatable bonds is 3. The summed E-state index contributed by atoms with van der Waals surface area (Å²) >= 11 is 1.80. The quantitative estimate of drug-likeness (QED) is 0.830. The molecule has 2 N–H and O–H groups in total. The number of hydrogen-bond acceptors (Lipinski definition) is 3. The van der Waals surface area contributed by atoms with Crippen molar-refractivity contribution in [2.24, 2.45) is 11.7 Å². The zero-order chi connectivity index (χ0) is 9.80. The second-order valence-corrected chi connectivity index (χ2v) is 4.93. The largest absolute Gasteiger partial charge is 0.381 e. The van der Waals surface area contributed by atoms with Gasteiger partial charge in [0.05, 0.1) is 0 Å². The summed E-state index contributed by atoms with van der Waals surface area (Å²) in [4.78, 5) is 1.41. The standard InChI is InChI=1S/C11H17NOS/c12-11(8-10-2-1-7-14-10)9-3-5-13-6-4-9/h1-2,7,9,11H,3-6,8,12H2. The molecule has 3 heteroatoms. The predicted octanol–water partition coefficient (Wildman–Crippen LogP) is 2.04. The molecule has 78 valence electrons. The molecular formula is C11H17NOS. The average molecular weight is 211 g/mol. The van der Waals surface area contributed by atoms with Gasteiger partial charge in [-0.2, -0.15) is 0 Å². The van der Waals surface area contributed by atoms with Crippen LogP contribution in [0.5, 0.6) is 0 Å². The number of thiophene rings is 1. The molecule has 1 unspecified atom stereocenters. The summed E-state index contributed by atoms with van der Waals surface area (Å²) in [5.74, 6) is 0.658. The van der Waals surface area contributed by atoms with Gasteiger partial charge in [-0.25, -0.2) is 0 Å². The Morgan fingerprint density at radius 3 is 2.93 bits per heavy atom. The van der Waals surface area contributed by atoms with E-state index in [1.54, 1.807) is 11.3 Å². The molecular weight excluding hydrogens is 194 g/mol. The van der Waals surface area contributed by atoms with E-state index in [9.17, 15) is 0 Å². The Hall–Kier alpha value is -0.380. The maximum atomic E-state index is 6.19. The summed E-state index contributed by atoms with van der Waals surface area (Å²) in [7, 11) is 0. The lowest BCUT2D eigenvalue weighted by Crippen LogP contribution is -2.35. The van der Waals surface area contributed by atoms with Crippen LogP contribution in [-0.2, 0) is 11.2 Å². The molecule has 0 amide bonds. The van der Waals surface area contributed by atoms with E-state index in [-0.39, 0.29) is 0 Å². The highest BCUT2D eigenvalue weighted by atomic mass is 32.1. The van der Waals surface area contributed by atoms with Crippen molar-refractivity contribution in [1.82, 2.24) is 0 Å². The second-order valence-electron chi connectivity index (χ2n) is 3.90. The first-order chi connectivity index (χ1) is 6.86. The Labute approximate surface area is 89.1 Å². The van der Waals surface area contributed by atoms with Gasteiger partial charge in [0.15, 0.2) is 0 Å². The van der Waals surface area contributed by atoms with E-state index >= 15 is 0 Å². The molecule has 0 saturated carbocycles. The number of nitrogens with two attached hydrogens (primary N) is 1. The summed E-state index contributed by atoms with van der Waals surface area (Å²) in [6.45, 7) is 1.78. The molecule has 0 spiro atoms. The third-order valence-corrected chi connectivity index (χ3v) is 3.79. The van der Waals surface area contributed by atoms with Crippen LogP contribution in [0.4, 0.5) is 0 Å². The molecule has 0 radical (unpaired) electrons. The normalized spacial score (nSPS) is 20.9. The van der Waals surface area contributed by atoms with Crippen molar-refractivity contribution < 1.29 is 4.74 Å². The van der Waals surface area contributed by atoms with Crippen LogP contribution in [0.3, 0.4) is 0 Å². The highest BCUT2D eigenvalue weighted by molar-refractivity contribution is 7.09. The SMILES string of the molecule is NC(Cc1cccs1)C1CCOCC1. The first-order valence-electron chi connectivity index (χ1n) is 5.22. The van der Waals surface area contributed by atoms with Crippen LogP contribution < -0.4 is 5.73 Å². The molecule has 1 aromatic heterocycles. The minimum absolute atomic E-state index is 0.317. The maximum absolute atomic E-state index is 6.19. The smallest absolute Gasteiger partial charge is 0.0469 e. The predicted molar refractivity (Wildman–Crippen MR) is 59.5 cm³/mol. The zero-order valence-electron chi connectivity index (χ0n) is 8.32. The van der Waals surface area contributed by atoms with E-state index < -0.39 is 0 Å². The van der Waals surface area contributed by atoms with Gasteiger partial charge in [0.2, 0.25) is 0 Å². The third-order valence-electron chi connectivity index (χ3n) is 2.89. The van der Waals surface area contributed by atoms with Crippen molar-refractivity contribution in [2.45, 2.75) is 25.3 Å². The van der Waals surface area contributed by atoms with E-state index in [0.717, 1.165) is 32.5 Å². The lowest BCUT2D eigenvalue weighted by Gasteiger charge is -2.27. The molecule has 1 atom stereocenters. The van der Waals surface area contributed by atoms with Crippen LogP contribution in [0, 0.1) is 5.92 Å². The minimum atomic E-state index is 0.317. The molecule has 0 aromatic carbocycles. The molecule has 0 aliphatic carbocycles. The molecule has 2 nitrogen and oxygen atoms in total. The second kappa shape index (κ2) is 4.91. The van der Waals surface area contributed by atoms with Crippen LogP contribution >= 0.6 is 11.3 Å². The zero-order valence-corrected chi connectivity index (χ0v) is 9.13. The molecule has 14 heavy (non-hydrogen) atoms. The Bertz CT molecular complexity index is 254. The van der Waals surface area contributed by atoms with Crippen molar-refractivity contribution in [3.63, 3.8) is 0 Å². The van der Waals surface area contributed by atoms with Gasteiger partial charge in [-0.15, -0.1) is 11.3 Å². The van der Waals surface area contributed by atoms with Crippen LogP contribution in [0.2, 0.25) is 0 Å². The molecule has 1 aliphatic heterocycles. The lowest BCUT2D eigenvalue weighted by atomic mass is 9.90. The first-order valence-corrected chi connectivity index (χ1v) is 6.10. The van der Waals surface area contributed by atoms with Crippen molar-refractivity contribution in [1.29, 1.82) is 0 Å². The molecule has 1 aromatic rings. The van der Waals surface area contributed by atoms with Crippen molar-refractivity contribution >= 4 is 11.3 Å². The summed E-state index contributed by atoms with van der Waals surface area (Å²) in [6.07, 6.45) is 3.29. The Kier molecular flexibility index (Phi) is 3.56. The van der Waals surface area contributed by atoms with Crippen LogP contribution in [0.25, 0.3) is 0 Å². The van der Waals surface area contributed by atoms with E-state index in [1.165, 1.54) is 4.88 Å². The van der Waals surface area contributed by atoms with Gasteiger partial charge in [0.25, 0.3) is 0 Å². The molecule has 2 rings (SSSR count). The van der Waals surface area contributed by atoms with E-state index in [4.69, 9.17) is 10.5 Å². The maximum Gasteiger partial charge on any atom is 0.0469 e. The molecule has 1 aliphatic rings. The minimum Gasteiger partial charge on any atom is -0.381 e. The monoisotopic (exact) mass is 211 g/mol. The van der Waals surface area contributed by atoms with Crippen LogP contribution in [-0.4, -0.2) is 19.3 Å². The van der Waals surface area contributed by atoms with Crippen LogP contribution in [0.1, 0.15) is 17.7 Å². The van der Waals surface area contributed by atoms with Gasteiger partial charge in [-0.3, -0.25) is 0 Å². The molecule has 1 fully saturated rings. The van der Waals surface area contributed by atoms with Gasteiger partial charge in [-0.05, 0) is 36.6 Å². The van der Waals surface area contributed by atoms with Crippen molar-refractivity contribution in [3.05, 3.63) is 22.4 Å². The summed E-state index contributed by atoms with van der Waals surface area (Å²) < 4.78 is 5.33.